The lowest BCUT2D eigenvalue weighted by atomic mass is 10.2. The van der Waals surface area contributed by atoms with Crippen LogP contribution in [0.15, 0.2) is 59.5 Å². The molecule has 0 fully saturated rings. The topological polar surface area (TPSA) is 29.5 Å². The van der Waals surface area contributed by atoms with Crippen LogP contribution in [0.3, 0.4) is 0 Å². The highest BCUT2D eigenvalue weighted by atomic mass is 32.2. The Morgan fingerprint density at radius 2 is 1.91 bits per heavy atom. The second kappa shape index (κ2) is 7.90. The molecular formula is C18H21NO2S. The lowest BCUT2D eigenvalue weighted by molar-refractivity contribution is -0.117. The predicted octanol–water partition coefficient (Wildman–Crippen LogP) is 4.23. The van der Waals surface area contributed by atoms with Gasteiger partial charge in [-0.2, -0.15) is 0 Å². The van der Waals surface area contributed by atoms with Crippen molar-refractivity contribution >= 4 is 23.4 Å². The van der Waals surface area contributed by atoms with E-state index in [0.29, 0.717) is 6.54 Å². The summed E-state index contributed by atoms with van der Waals surface area (Å²) >= 11 is 1.55. The number of ether oxygens (including phenoxy) is 1. The Bertz CT molecular complexity index is 615. The minimum absolute atomic E-state index is 0.113. The minimum Gasteiger partial charge on any atom is -0.497 e. The summed E-state index contributed by atoms with van der Waals surface area (Å²) in [4.78, 5) is 15.6. The van der Waals surface area contributed by atoms with Crippen molar-refractivity contribution in [2.75, 3.05) is 18.6 Å². The van der Waals surface area contributed by atoms with E-state index in [0.717, 1.165) is 16.3 Å². The molecule has 2 aromatic carbocycles. The molecule has 0 aliphatic carbocycles. The largest absolute Gasteiger partial charge is 0.497 e. The van der Waals surface area contributed by atoms with Crippen LogP contribution in [0.1, 0.15) is 13.8 Å². The number of anilines is 1. The molecule has 0 aliphatic heterocycles. The van der Waals surface area contributed by atoms with Gasteiger partial charge in [0.25, 0.3) is 0 Å². The van der Waals surface area contributed by atoms with E-state index in [1.54, 1.807) is 18.9 Å². The average Bonchev–Trinajstić information content (AvgIpc) is 2.56. The highest BCUT2D eigenvalue weighted by Gasteiger charge is 2.21. The van der Waals surface area contributed by atoms with Gasteiger partial charge in [-0.15, -0.1) is 11.8 Å². The van der Waals surface area contributed by atoms with Gasteiger partial charge in [0.1, 0.15) is 5.75 Å². The van der Waals surface area contributed by atoms with Crippen LogP contribution in [0, 0.1) is 0 Å². The fourth-order valence-electron chi connectivity index (χ4n) is 2.22. The van der Waals surface area contributed by atoms with Crippen molar-refractivity contribution in [2.45, 2.75) is 24.0 Å². The molecule has 1 unspecified atom stereocenters. The Morgan fingerprint density at radius 3 is 2.55 bits per heavy atom. The number of carbonyl (C=O) groups excluding carboxylic acids is 1. The van der Waals surface area contributed by atoms with Crippen molar-refractivity contribution in [1.29, 1.82) is 0 Å². The number of nitrogens with zero attached hydrogens (tertiary/aromatic N) is 1. The van der Waals surface area contributed by atoms with E-state index < -0.39 is 0 Å². The number of hydrogen-bond donors (Lipinski definition) is 0. The first-order chi connectivity index (χ1) is 10.7. The predicted molar refractivity (Wildman–Crippen MR) is 92.8 cm³/mol. The van der Waals surface area contributed by atoms with Crippen molar-refractivity contribution in [2.24, 2.45) is 0 Å². The third kappa shape index (κ3) is 4.04. The molecule has 2 aromatic rings. The molecule has 2 rings (SSSR count). The Balaban J connectivity index is 2.10. The zero-order chi connectivity index (χ0) is 15.9. The standard InChI is InChI=1S/C18H21NO2S/c1-4-19(15-9-6-5-7-10-15)18(20)14(2)22-17-12-8-11-16(13-17)21-3/h5-14H,4H2,1-3H3. The van der Waals surface area contributed by atoms with Crippen LogP contribution in [0.2, 0.25) is 0 Å². The maximum absolute atomic E-state index is 12.7. The monoisotopic (exact) mass is 315 g/mol. The smallest absolute Gasteiger partial charge is 0.240 e. The van der Waals surface area contributed by atoms with Crippen LogP contribution in [0.5, 0.6) is 5.75 Å². The molecule has 0 aromatic heterocycles. The van der Waals surface area contributed by atoms with Crippen molar-refractivity contribution in [3.8, 4) is 5.75 Å². The Morgan fingerprint density at radius 1 is 1.18 bits per heavy atom. The molecule has 3 nitrogen and oxygen atoms in total. The lowest BCUT2D eigenvalue weighted by Gasteiger charge is -2.24. The number of para-hydroxylation sites is 1. The summed E-state index contributed by atoms with van der Waals surface area (Å²) in [6.07, 6.45) is 0. The van der Waals surface area contributed by atoms with Gasteiger partial charge in [-0.05, 0) is 44.2 Å². The molecule has 0 saturated carbocycles. The molecule has 0 bridgehead atoms. The second-order valence-electron chi connectivity index (χ2n) is 4.86. The molecule has 1 atom stereocenters. The van der Waals surface area contributed by atoms with Crippen molar-refractivity contribution < 1.29 is 9.53 Å². The summed E-state index contributed by atoms with van der Waals surface area (Å²) in [6.45, 7) is 4.60. The van der Waals surface area contributed by atoms with Gasteiger partial charge in [0.15, 0.2) is 0 Å². The molecule has 0 spiro atoms. The number of benzene rings is 2. The maximum Gasteiger partial charge on any atom is 0.240 e. The molecule has 116 valence electrons. The fraction of sp³-hybridized carbons (Fsp3) is 0.278. The summed E-state index contributed by atoms with van der Waals surface area (Å²) in [5.74, 6) is 0.918. The highest BCUT2D eigenvalue weighted by Crippen LogP contribution is 2.28. The van der Waals surface area contributed by atoms with E-state index in [2.05, 4.69) is 0 Å². The number of carbonyl (C=O) groups is 1. The number of amides is 1. The summed E-state index contributed by atoms with van der Waals surface area (Å²) in [6, 6.07) is 17.6. The van der Waals surface area contributed by atoms with Crippen LogP contribution < -0.4 is 9.64 Å². The molecule has 4 heteroatoms. The second-order valence-corrected chi connectivity index (χ2v) is 6.27. The normalized spacial score (nSPS) is 11.8. The van der Waals surface area contributed by atoms with Gasteiger partial charge in [0.2, 0.25) is 5.91 Å². The molecule has 1 amide bonds. The summed E-state index contributed by atoms with van der Waals surface area (Å²) < 4.78 is 5.23. The number of methoxy groups -OCH3 is 1. The first kappa shape index (κ1) is 16.4. The van der Waals surface area contributed by atoms with Gasteiger partial charge in [-0.25, -0.2) is 0 Å². The zero-order valence-corrected chi connectivity index (χ0v) is 14.0. The van der Waals surface area contributed by atoms with Crippen LogP contribution in [-0.4, -0.2) is 24.8 Å². The zero-order valence-electron chi connectivity index (χ0n) is 13.2. The third-order valence-electron chi connectivity index (χ3n) is 3.35. The number of thioether (sulfide) groups is 1. The van der Waals surface area contributed by atoms with Gasteiger partial charge in [-0.3, -0.25) is 4.79 Å². The van der Waals surface area contributed by atoms with Gasteiger partial charge >= 0.3 is 0 Å². The Kier molecular flexibility index (Phi) is 5.90. The average molecular weight is 315 g/mol. The lowest BCUT2D eigenvalue weighted by Crippen LogP contribution is -2.36. The maximum atomic E-state index is 12.7. The van der Waals surface area contributed by atoms with Gasteiger partial charge in [0, 0.05) is 17.1 Å². The molecule has 0 radical (unpaired) electrons. The van der Waals surface area contributed by atoms with Gasteiger partial charge < -0.3 is 9.64 Å². The van der Waals surface area contributed by atoms with Crippen LogP contribution >= 0.6 is 11.8 Å². The Labute approximate surface area is 136 Å². The van der Waals surface area contributed by atoms with E-state index >= 15 is 0 Å². The Hall–Kier alpha value is -1.94. The number of rotatable bonds is 6. The van der Waals surface area contributed by atoms with Crippen molar-refractivity contribution in [1.82, 2.24) is 0 Å². The van der Waals surface area contributed by atoms with E-state index in [1.165, 1.54) is 0 Å². The molecule has 0 heterocycles. The van der Waals surface area contributed by atoms with E-state index in [9.17, 15) is 4.79 Å². The third-order valence-corrected chi connectivity index (χ3v) is 4.43. The van der Waals surface area contributed by atoms with Gasteiger partial charge in [-0.1, -0.05) is 24.3 Å². The molecular weight excluding hydrogens is 294 g/mol. The van der Waals surface area contributed by atoms with E-state index in [4.69, 9.17) is 4.74 Å². The summed E-state index contributed by atoms with van der Waals surface area (Å²) in [5, 5.41) is -0.160. The quantitative estimate of drug-likeness (QED) is 0.747. The first-order valence-electron chi connectivity index (χ1n) is 7.32. The SMILES string of the molecule is CCN(C(=O)C(C)Sc1cccc(OC)c1)c1ccccc1. The van der Waals surface area contributed by atoms with Crippen molar-refractivity contribution in [3.63, 3.8) is 0 Å². The minimum atomic E-state index is -0.160. The highest BCUT2D eigenvalue weighted by molar-refractivity contribution is 8.00. The molecule has 22 heavy (non-hydrogen) atoms. The summed E-state index contributed by atoms with van der Waals surface area (Å²) in [5.41, 5.74) is 0.938. The van der Waals surface area contributed by atoms with Crippen LogP contribution in [0.4, 0.5) is 5.69 Å². The molecule has 0 aliphatic rings. The van der Waals surface area contributed by atoms with Crippen molar-refractivity contribution in [3.05, 3.63) is 54.6 Å². The molecule has 0 N–H and O–H groups in total. The van der Waals surface area contributed by atoms with E-state index in [-0.39, 0.29) is 11.2 Å². The first-order valence-corrected chi connectivity index (χ1v) is 8.20. The molecule has 0 saturated heterocycles. The van der Waals surface area contributed by atoms with Crippen LogP contribution in [-0.2, 0) is 4.79 Å². The van der Waals surface area contributed by atoms with E-state index in [1.807, 2.05) is 73.3 Å². The summed E-state index contributed by atoms with van der Waals surface area (Å²) in [7, 11) is 1.65. The van der Waals surface area contributed by atoms with Crippen LogP contribution in [0.25, 0.3) is 0 Å². The number of hydrogen-bond acceptors (Lipinski definition) is 3. The van der Waals surface area contributed by atoms with Gasteiger partial charge in [0.05, 0.1) is 12.4 Å². The fourth-order valence-corrected chi connectivity index (χ4v) is 3.20.